The molecule has 0 atom stereocenters. The Labute approximate surface area is 341 Å². The van der Waals surface area contributed by atoms with Crippen LogP contribution in [0.1, 0.15) is 11.1 Å². The fourth-order valence-corrected chi connectivity index (χ4v) is 8.23. The average molecular weight is 757 g/mol. The number of fused-ring (bicyclic) bond motifs is 6. The van der Waals surface area contributed by atoms with Crippen molar-refractivity contribution in [2.24, 2.45) is 0 Å². The van der Waals surface area contributed by atoms with Gasteiger partial charge >= 0.3 is 0 Å². The molecule has 5 nitrogen and oxygen atoms in total. The van der Waals surface area contributed by atoms with Gasteiger partial charge in [-0.25, -0.2) is 19.9 Å². The van der Waals surface area contributed by atoms with Gasteiger partial charge in [-0.2, -0.15) is 0 Å². The zero-order valence-corrected chi connectivity index (χ0v) is 32.5. The lowest BCUT2D eigenvalue weighted by molar-refractivity contribution is 0.669. The summed E-state index contributed by atoms with van der Waals surface area (Å²) in [7, 11) is 0. The van der Waals surface area contributed by atoms with Crippen LogP contribution in [-0.4, -0.2) is 19.9 Å². The third-order valence-corrected chi connectivity index (χ3v) is 11.3. The number of rotatable bonds is 6. The topological polar surface area (TPSA) is 64.7 Å². The Hall–Kier alpha value is -7.76. The minimum Gasteiger partial charge on any atom is -0.456 e. The monoisotopic (exact) mass is 756 g/mol. The summed E-state index contributed by atoms with van der Waals surface area (Å²) in [5.41, 5.74) is 14.2. The van der Waals surface area contributed by atoms with E-state index in [0.29, 0.717) is 17.5 Å². The first-order valence-corrected chi connectivity index (χ1v) is 19.9. The lowest BCUT2D eigenvalue weighted by Gasteiger charge is -2.16. The van der Waals surface area contributed by atoms with E-state index in [9.17, 15) is 0 Å². The first-order chi connectivity index (χ1) is 29.0. The van der Waals surface area contributed by atoms with E-state index in [-0.39, 0.29) is 0 Å². The van der Waals surface area contributed by atoms with Crippen molar-refractivity contribution in [1.82, 2.24) is 19.9 Å². The molecule has 5 heteroatoms. The van der Waals surface area contributed by atoms with Crippen LogP contribution >= 0.6 is 0 Å². The van der Waals surface area contributed by atoms with Gasteiger partial charge in [-0.05, 0) is 48.7 Å². The van der Waals surface area contributed by atoms with E-state index in [1.807, 2.05) is 18.2 Å². The van der Waals surface area contributed by atoms with Gasteiger partial charge in [0, 0.05) is 54.7 Å². The second kappa shape index (κ2) is 14.0. The highest BCUT2D eigenvalue weighted by atomic mass is 16.3. The summed E-state index contributed by atoms with van der Waals surface area (Å²) in [5, 5.41) is 5.39. The molecular weight excluding hydrogens is 721 g/mol. The molecule has 0 aliphatic heterocycles. The van der Waals surface area contributed by atoms with Gasteiger partial charge in [0.1, 0.15) is 11.2 Å². The summed E-state index contributed by atoms with van der Waals surface area (Å²) >= 11 is 0. The van der Waals surface area contributed by atoms with Crippen molar-refractivity contribution < 1.29 is 4.42 Å². The van der Waals surface area contributed by atoms with Crippen molar-refractivity contribution >= 4 is 43.6 Å². The number of hydrogen-bond acceptors (Lipinski definition) is 5. The molecule has 0 spiro atoms. The fourth-order valence-electron chi connectivity index (χ4n) is 8.23. The number of benzene rings is 8. The van der Waals surface area contributed by atoms with Crippen molar-refractivity contribution in [3.63, 3.8) is 0 Å². The normalized spacial score (nSPS) is 11.6. The highest BCUT2D eigenvalue weighted by Crippen LogP contribution is 2.46. The van der Waals surface area contributed by atoms with Crippen molar-refractivity contribution in [1.29, 1.82) is 0 Å². The van der Waals surface area contributed by atoms with E-state index >= 15 is 0 Å². The number of furan rings is 1. The molecule has 8 aromatic carbocycles. The lowest BCUT2D eigenvalue weighted by Crippen LogP contribution is -2.00. The summed E-state index contributed by atoms with van der Waals surface area (Å²) < 4.78 is 6.67. The zero-order chi connectivity index (χ0) is 39.5. The zero-order valence-electron chi connectivity index (χ0n) is 32.5. The van der Waals surface area contributed by atoms with E-state index < -0.39 is 0 Å². The maximum absolute atomic E-state index is 6.67. The maximum Gasteiger partial charge on any atom is 0.164 e. The molecule has 59 heavy (non-hydrogen) atoms. The standard InChI is InChI=1S/C54H36N4O/c1-33-16-20-39(21-17-33)52-56-53(40-22-18-34(2)19-23-40)58-54(57-52)41-30-26-37(27-31-41)48-49-42-12-6-8-14-45(42)55-51(38-28-24-36(25-29-38)35-10-4-3-5-11-35)44(49)32-47-50(48)43-13-7-9-15-46(43)59-47/h3-32H,1-2H3. The van der Waals surface area contributed by atoms with Gasteiger partial charge in [0.2, 0.25) is 0 Å². The first kappa shape index (κ1) is 34.5. The molecule has 0 aliphatic rings. The number of aromatic nitrogens is 4. The Balaban J connectivity index is 1.13. The van der Waals surface area contributed by atoms with Gasteiger partial charge in [-0.3, -0.25) is 0 Å². The van der Waals surface area contributed by atoms with E-state index in [1.165, 1.54) is 16.7 Å². The van der Waals surface area contributed by atoms with Crippen molar-refractivity contribution in [2.75, 3.05) is 0 Å². The SMILES string of the molecule is Cc1ccc(-c2nc(-c3ccc(C)cc3)nc(-c3ccc(-c4c5c(cc6c(-c7ccc(-c8ccccc8)cc7)nc7ccccc7c46)oc4ccccc45)cc3)n2)cc1. The smallest absolute Gasteiger partial charge is 0.164 e. The molecule has 3 aromatic heterocycles. The molecule has 0 aliphatic carbocycles. The Kier molecular flexibility index (Phi) is 8.19. The van der Waals surface area contributed by atoms with Crippen LogP contribution in [0.2, 0.25) is 0 Å². The highest BCUT2D eigenvalue weighted by Gasteiger charge is 2.22. The Morgan fingerprint density at radius 1 is 0.339 bits per heavy atom. The highest BCUT2D eigenvalue weighted by molar-refractivity contribution is 6.27. The van der Waals surface area contributed by atoms with Crippen LogP contribution in [0.5, 0.6) is 0 Å². The molecule has 3 heterocycles. The summed E-state index contributed by atoms with van der Waals surface area (Å²) in [6.45, 7) is 4.17. The minimum absolute atomic E-state index is 0.616. The molecule has 11 rings (SSSR count). The van der Waals surface area contributed by atoms with Crippen LogP contribution in [0.25, 0.3) is 111 Å². The van der Waals surface area contributed by atoms with E-state index in [4.69, 9.17) is 24.4 Å². The summed E-state index contributed by atoms with van der Waals surface area (Å²) in [5.74, 6) is 1.89. The van der Waals surface area contributed by atoms with Crippen LogP contribution in [0.4, 0.5) is 0 Å². The summed E-state index contributed by atoms with van der Waals surface area (Å²) in [4.78, 5) is 20.4. The molecule has 0 N–H and O–H groups in total. The van der Waals surface area contributed by atoms with Crippen molar-refractivity contribution in [3.8, 4) is 67.7 Å². The Morgan fingerprint density at radius 3 is 1.44 bits per heavy atom. The summed E-state index contributed by atoms with van der Waals surface area (Å²) in [6.07, 6.45) is 0. The lowest BCUT2D eigenvalue weighted by atomic mass is 9.89. The molecule has 0 saturated heterocycles. The number of pyridine rings is 1. The second-order valence-corrected chi connectivity index (χ2v) is 15.2. The van der Waals surface area contributed by atoms with E-state index in [2.05, 4.69) is 178 Å². The van der Waals surface area contributed by atoms with Crippen LogP contribution in [-0.2, 0) is 0 Å². The molecule has 278 valence electrons. The Bertz CT molecular complexity index is 3290. The van der Waals surface area contributed by atoms with Crippen LogP contribution in [0, 0.1) is 13.8 Å². The van der Waals surface area contributed by atoms with Crippen LogP contribution in [0.15, 0.2) is 186 Å². The van der Waals surface area contributed by atoms with E-state index in [0.717, 1.165) is 88.3 Å². The van der Waals surface area contributed by atoms with Crippen molar-refractivity contribution in [2.45, 2.75) is 13.8 Å². The molecule has 0 bridgehead atoms. The number of nitrogens with zero attached hydrogens (tertiary/aromatic N) is 4. The minimum atomic E-state index is 0.616. The Morgan fingerprint density at radius 2 is 0.814 bits per heavy atom. The van der Waals surface area contributed by atoms with Gasteiger partial charge in [-0.15, -0.1) is 0 Å². The molecular formula is C54H36N4O. The summed E-state index contributed by atoms with van der Waals surface area (Å²) in [6, 6.07) is 63.4. The molecule has 0 amide bonds. The number of para-hydroxylation sites is 2. The predicted octanol–water partition coefficient (Wildman–Crippen LogP) is 14.1. The quantitative estimate of drug-likeness (QED) is 0.158. The van der Waals surface area contributed by atoms with Gasteiger partial charge < -0.3 is 4.42 Å². The molecule has 0 saturated carbocycles. The van der Waals surface area contributed by atoms with E-state index in [1.54, 1.807) is 0 Å². The van der Waals surface area contributed by atoms with Gasteiger partial charge in [0.15, 0.2) is 17.5 Å². The van der Waals surface area contributed by atoms with Gasteiger partial charge in [-0.1, -0.05) is 175 Å². The maximum atomic E-state index is 6.67. The number of aryl methyl sites for hydroxylation is 2. The largest absolute Gasteiger partial charge is 0.456 e. The molecule has 11 aromatic rings. The fraction of sp³-hybridized carbons (Fsp3) is 0.0370. The first-order valence-electron chi connectivity index (χ1n) is 19.9. The predicted molar refractivity (Wildman–Crippen MR) is 242 cm³/mol. The van der Waals surface area contributed by atoms with Gasteiger partial charge in [0.05, 0.1) is 11.2 Å². The van der Waals surface area contributed by atoms with Gasteiger partial charge in [0.25, 0.3) is 0 Å². The van der Waals surface area contributed by atoms with Crippen molar-refractivity contribution in [3.05, 3.63) is 193 Å². The van der Waals surface area contributed by atoms with Crippen LogP contribution < -0.4 is 0 Å². The molecule has 0 radical (unpaired) electrons. The number of hydrogen-bond donors (Lipinski definition) is 0. The third kappa shape index (κ3) is 6.12. The average Bonchev–Trinajstić information content (AvgIpc) is 3.67. The molecule has 0 fully saturated rings. The molecule has 0 unspecified atom stereocenters. The second-order valence-electron chi connectivity index (χ2n) is 15.2. The third-order valence-electron chi connectivity index (χ3n) is 11.3. The van der Waals surface area contributed by atoms with Crippen LogP contribution in [0.3, 0.4) is 0 Å².